The molecule has 1 saturated carbocycles. The van der Waals surface area contributed by atoms with Crippen molar-refractivity contribution in [1.82, 2.24) is 20.1 Å². The molecule has 2 rings (SSSR count). The van der Waals surface area contributed by atoms with Crippen molar-refractivity contribution in [2.75, 3.05) is 0 Å². The monoisotopic (exact) mass is 194 g/mol. The lowest BCUT2D eigenvalue weighted by molar-refractivity contribution is 0.369. The largest absolute Gasteiger partial charge is 0.307 e. The molecule has 0 bridgehead atoms. The Labute approximate surface area is 84.7 Å². The summed E-state index contributed by atoms with van der Waals surface area (Å²) in [6, 6.07) is 0.688. The summed E-state index contributed by atoms with van der Waals surface area (Å²) in [7, 11) is 1.90. The summed E-state index contributed by atoms with van der Waals surface area (Å²) < 4.78 is 1.75. The van der Waals surface area contributed by atoms with Crippen LogP contribution < -0.4 is 5.32 Å². The highest BCUT2D eigenvalue weighted by Gasteiger charge is 2.12. The van der Waals surface area contributed by atoms with Gasteiger partial charge in [-0.3, -0.25) is 4.68 Å². The summed E-state index contributed by atoms with van der Waals surface area (Å²) in [5.74, 6) is 0.901. The summed E-state index contributed by atoms with van der Waals surface area (Å²) in [5.41, 5.74) is 0. The van der Waals surface area contributed by atoms with Gasteiger partial charge in [0.2, 0.25) is 0 Å². The van der Waals surface area contributed by atoms with Gasteiger partial charge < -0.3 is 5.32 Å². The molecule has 0 saturated heterocycles. The first kappa shape index (κ1) is 9.65. The maximum Gasteiger partial charge on any atom is 0.164 e. The molecule has 78 valence electrons. The highest BCUT2D eigenvalue weighted by Crippen LogP contribution is 2.17. The van der Waals surface area contributed by atoms with Gasteiger partial charge in [0.05, 0.1) is 6.54 Å². The SMILES string of the molecule is Cn1cnc(CNC2CCCCC2)n1. The van der Waals surface area contributed by atoms with E-state index >= 15 is 0 Å². The molecule has 0 unspecified atom stereocenters. The van der Waals surface area contributed by atoms with Gasteiger partial charge in [0.1, 0.15) is 6.33 Å². The predicted octanol–water partition coefficient (Wildman–Crippen LogP) is 1.24. The fraction of sp³-hybridized carbons (Fsp3) is 0.800. The van der Waals surface area contributed by atoms with E-state index in [2.05, 4.69) is 15.4 Å². The van der Waals surface area contributed by atoms with Gasteiger partial charge in [0.25, 0.3) is 0 Å². The molecule has 0 aliphatic heterocycles. The highest BCUT2D eigenvalue weighted by atomic mass is 15.3. The van der Waals surface area contributed by atoms with Crippen LogP contribution in [-0.2, 0) is 13.6 Å². The van der Waals surface area contributed by atoms with Crippen molar-refractivity contribution in [3.05, 3.63) is 12.2 Å². The third-order valence-electron chi connectivity index (χ3n) is 2.80. The number of hydrogen-bond acceptors (Lipinski definition) is 3. The van der Waals surface area contributed by atoms with Crippen LogP contribution in [0, 0.1) is 0 Å². The molecule has 4 nitrogen and oxygen atoms in total. The average molecular weight is 194 g/mol. The highest BCUT2D eigenvalue weighted by molar-refractivity contribution is 4.82. The first-order valence-electron chi connectivity index (χ1n) is 5.42. The summed E-state index contributed by atoms with van der Waals surface area (Å²) in [6.45, 7) is 0.811. The van der Waals surface area contributed by atoms with Crippen molar-refractivity contribution in [1.29, 1.82) is 0 Å². The molecular formula is C10H18N4. The van der Waals surface area contributed by atoms with Crippen molar-refractivity contribution < 1.29 is 0 Å². The lowest BCUT2D eigenvalue weighted by Gasteiger charge is -2.22. The second-order valence-corrected chi connectivity index (χ2v) is 4.05. The van der Waals surface area contributed by atoms with Gasteiger partial charge in [-0.15, -0.1) is 0 Å². The van der Waals surface area contributed by atoms with E-state index in [1.807, 2.05) is 7.05 Å². The Kier molecular flexibility index (Phi) is 3.14. The molecule has 1 fully saturated rings. The quantitative estimate of drug-likeness (QED) is 0.787. The van der Waals surface area contributed by atoms with Gasteiger partial charge >= 0.3 is 0 Å². The van der Waals surface area contributed by atoms with Gasteiger partial charge in [-0.25, -0.2) is 4.98 Å². The van der Waals surface area contributed by atoms with Crippen LogP contribution in [0.4, 0.5) is 0 Å². The minimum absolute atomic E-state index is 0.688. The van der Waals surface area contributed by atoms with E-state index in [4.69, 9.17) is 0 Å². The zero-order chi connectivity index (χ0) is 9.80. The van der Waals surface area contributed by atoms with E-state index < -0.39 is 0 Å². The van der Waals surface area contributed by atoms with E-state index in [0.717, 1.165) is 12.4 Å². The Morgan fingerprint density at radius 1 is 1.43 bits per heavy atom. The number of aromatic nitrogens is 3. The molecule has 1 heterocycles. The van der Waals surface area contributed by atoms with Crippen LogP contribution in [0.1, 0.15) is 37.9 Å². The molecule has 1 aromatic heterocycles. The second kappa shape index (κ2) is 4.55. The zero-order valence-corrected chi connectivity index (χ0v) is 8.74. The summed E-state index contributed by atoms with van der Waals surface area (Å²) in [6.07, 6.45) is 8.51. The van der Waals surface area contributed by atoms with Gasteiger partial charge in [-0.05, 0) is 12.8 Å². The Bertz CT molecular complexity index is 275. The number of nitrogens with zero attached hydrogens (tertiary/aromatic N) is 3. The van der Waals surface area contributed by atoms with Crippen molar-refractivity contribution >= 4 is 0 Å². The summed E-state index contributed by atoms with van der Waals surface area (Å²) in [4.78, 5) is 4.19. The first-order valence-corrected chi connectivity index (χ1v) is 5.42. The van der Waals surface area contributed by atoms with Crippen molar-refractivity contribution in [2.45, 2.75) is 44.7 Å². The lowest BCUT2D eigenvalue weighted by atomic mass is 9.95. The van der Waals surface area contributed by atoms with Crippen LogP contribution in [0.5, 0.6) is 0 Å². The van der Waals surface area contributed by atoms with Crippen LogP contribution in [0.2, 0.25) is 0 Å². The van der Waals surface area contributed by atoms with Crippen molar-refractivity contribution in [3.8, 4) is 0 Å². The van der Waals surface area contributed by atoms with Crippen LogP contribution >= 0.6 is 0 Å². The van der Waals surface area contributed by atoms with Gasteiger partial charge in [-0.1, -0.05) is 19.3 Å². The van der Waals surface area contributed by atoms with Crippen LogP contribution in [0.25, 0.3) is 0 Å². The normalized spacial score (nSPS) is 18.6. The maximum absolute atomic E-state index is 4.24. The Morgan fingerprint density at radius 2 is 2.21 bits per heavy atom. The topological polar surface area (TPSA) is 42.7 Å². The average Bonchev–Trinajstić information content (AvgIpc) is 2.63. The zero-order valence-electron chi connectivity index (χ0n) is 8.74. The molecule has 0 spiro atoms. The minimum Gasteiger partial charge on any atom is -0.307 e. The maximum atomic E-state index is 4.24. The van der Waals surface area contributed by atoms with Crippen LogP contribution in [0.15, 0.2) is 6.33 Å². The van der Waals surface area contributed by atoms with E-state index in [0.29, 0.717) is 6.04 Å². The van der Waals surface area contributed by atoms with E-state index in [1.165, 1.54) is 32.1 Å². The number of rotatable bonds is 3. The van der Waals surface area contributed by atoms with Gasteiger partial charge in [-0.2, -0.15) is 5.10 Å². The molecule has 1 aromatic rings. The molecule has 1 aliphatic rings. The molecular weight excluding hydrogens is 176 g/mol. The van der Waals surface area contributed by atoms with E-state index in [1.54, 1.807) is 11.0 Å². The Morgan fingerprint density at radius 3 is 2.86 bits per heavy atom. The Hall–Kier alpha value is -0.900. The molecule has 0 atom stereocenters. The third kappa shape index (κ3) is 2.54. The van der Waals surface area contributed by atoms with Crippen LogP contribution in [-0.4, -0.2) is 20.8 Å². The summed E-state index contributed by atoms with van der Waals surface area (Å²) >= 11 is 0. The molecule has 1 N–H and O–H groups in total. The molecule has 4 heteroatoms. The lowest BCUT2D eigenvalue weighted by Crippen LogP contribution is -2.30. The van der Waals surface area contributed by atoms with Crippen LogP contribution in [0.3, 0.4) is 0 Å². The van der Waals surface area contributed by atoms with E-state index in [9.17, 15) is 0 Å². The number of aryl methyl sites for hydroxylation is 1. The molecule has 1 aliphatic carbocycles. The fourth-order valence-corrected chi connectivity index (χ4v) is 2.01. The smallest absolute Gasteiger partial charge is 0.164 e. The summed E-state index contributed by atoms with van der Waals surface area (Å²) in [5, 5.41) is 7.75. The molecule has 0 aromatic carbocycles. The van der Waals surface area contributed by atoms with E-state index in [-0.39, 0.29) is 0 Å². The van der Waals surface area contributed by atoms with Gasteiger partial charge in [0.15, 0.2) is 5.82 Å². The number of hydrogen-bond donors (Lipinski definition) is 1. The fourth-order valence-electron chi connectivity index (χ4n) is 2.01. The molecule has 14 heavy (non-hydrogen) atoms. The van der Waals surface area contributed by atoms with Crippen molar-refractivity contribution in [3.63, 3.8) is 0 Å². The standard InChI is InChI=1S/C10H18N4/c1-14-8-12-10(13-14)7-11-9-5-3-2-4-6-9/h8-9,11H,2-7H2,1H3. The molecule has 0 radical (unpaired) electrons. The first-order chi connectivity index (χ1) is 6.84. The van der Waals surface area contributed by atoms with Crippen molar-refractivity contribution in [2.24, 2.45) is 7.05 Å². The third-order valence-corrected chi connectivity index (χ3v) is 2.80. The minimum atomic E-state index is 0.688. The molecule has 0 amide bonds. The number of nitrogens with one attached hydrogen (secondary N) is 1. The predicted molar refractivity (Wildman–Crippen MR) is 54.7 cm³/mol. The Balaban J connectivity index is 1.76. The van der Waals surface area contributed by atoms with Gasteiger partial charge in [0, 0.05) is 13.1 Å². The second-order valence-electron chi connectivity index (χ2n) is 4.05.